The number of halogens is 1. The molecule has 4 nitrogen and oxygen atoms in total. The van der Waals surface area contributed by atoms with Crippen LogP contribution in [0.25, 0.3) is 0 Å². The van der Waals surface area contributed by atoms with E-state index in [1.54, 1.807) is 18.5 Å². The first-order valence-electron chi connectivity index (χ1n) is 8.02. The lowest BCUT2D eigenvalue weighted by Gasteiger charge is -2.11. The van der Waals surface area contributed by atoms with Gasteiger partial charge >= 0.3 is 0 Å². The van der Waals surface area contributed by atoms with Crippen LogP contribution >= 0.6 is 15.9 Å². The van der Waals surface area contributed by atoms with Gasteiger partial charge in [0.2, 0.25) is 0 Å². The quantitative estimate of drug-likeness (QED) is 0.607. The minimum absolute atomic E-state index is 0.196. The highest BCUT2D eigenvalue weighted by molar-refractivity contribution is 9.10. The van der Waals surface area contributed by atoms with Crippen LogP contribution in [0.2, 0.25) is 0 Å². The zero-order valence-corrected chi connectivity index (χ0v) is 15.4. The van der Waals surface area contributed by atoms with Crippen molar-refractivity contribution in [2.45, 2.75) is 13.3 Å². The summed E-state index contributed by atoms with van der Waals surface area (Å²) >= 11 is 3.40. The third-order valence-corrected chi connectivity index (χ3v) is 4.25. The molecule has 0 bridgehead atoms. The number of carbonyl (C=O) groups excluding carboxylic acids is 1. The zero-order valence-electron chi connectivity index (χ0n) is 13.8. The summed E-state index contributed by atoms with van der Waals surface area (Å²) in [7, 11) is 0. The van der Waals surface area contributed by atoms with E-state index in [4.69, 9.17) is 0 Å². The monoisotopic (exact) mass is 395 g/mol. The maximum Gasteiger partial charge on any atom is 0.257 e. The fraction of sp³-hybridized carbons (Fsp3) is 0.100. The molecule has 0 saturated heterocycles. The normalized spacial score (nSPS) is 10.3. The third-order valence-electron chi connectivity index (χ3n) is 3.76. The van der Waals surface area contributed by atoms with Crippen LogP contribution < -0.4 is 10.6 Å². The van der Waals surface area contributed by atoms with Gasteiger partial charge in [0.25, 0.3) is 5.91 Å². The summed E-state index contributed by atoms with van der Waals surface area (Å²) in [5, 5.41) is 6.22. The Kier molecular flexibility index (Phi) is 5.46. The lowest BCUT2D eigenvalue weighted by Crippen LogP contribution is -2.12. The number of carbonyl (C=O) groups is 1. The van der Waals surface area contributed by atoms with Crippen LogP contribution in [0.15, 0.2) is 71.5 Å². The van der Waals surface area contributed by atoms with Gasteiger partial charge < -0.3 is 10.6 Å². The molecule has 2 N–H and O–H groups in total. The molecule has 0 fully saturated rings. The first kappa shape index (κ1) is 17.2. The molecular formula is C20H18BrN3O. The molecular weight excluding hydrogens is 378 g/mol. The van der Waals surface area contributed by atoms with E-state index in [9.17, 15) is 4.79 Å². The average molecular weight is 396 g/mol. The second-order valence-corrected chi connectivity index (χ2v) is 6.48. The largest absolute Gasteiger partial charge is 0.354 e. The first-order valence-corrected chi connectivity index (χ1v) is 8.82. The lowest BCUT2D eigenvalue weighted by molar-refractivity contribution is 0.102. The van der Waals surface area contributed by atoms with Crippen LogP contribution in [-0.4, -0.2) is 10.9 Å². The fourth-order valence-electron chi connectivity index (χ4n) is 2.51. The predicted octanol–water partition coefficient (Wildman–Crippen LogP) is 5.40. The number of rotatable bonds is 5. The number of aromatic nitrogens is 1. The number of benzene rings is 2. The Morgan fingerprint density at radius 2 is 1.88 bits per heavy atom. The smallest absolute Gasteiger partial charge is 0.257 e. The van der Waals surface area contributed by atoms with Crippen molar-refractivity contribution >= 4 is 38.9 Å². The molecule has 1 aromatic heterocycles. The number of amides is 1. The molecule has 3 rings (SSSR count). The summed E-state index contributed by atoms with van der Waals surface area (Å²) in [5.41, 5.74) is 4.25. The number of pyridine rings is 1. The van der Waals surface area contributed by atoms with E-state index < -0.39 is 0 Å². The minimum Gasteiger partial charge on any atom is -0.354 e. The van der Waals surface area contributed by atoms with Gasteiger partial charge in [-0.05, 0) is 42.3 Å². The van der Waals surface area contributed by atoms with Gasteiger partial charge in [-0.1, -0.05) is 47.1 Å². The first-order chi connectivity index (χ1) is 12.2. The summed E-state index contributed by atoms with van der Waals surface area (Å²) < 4.78 is 0.912. The summed E-state index contributed by atoms with van der Waals surface area (Å²) in [5.74, 6) is -0.196. The third kappa shape index (κ3) is 4.45. The van der Waals surface area contributed by atoms with E-state index in [1.807, 2.05) is 42.5 Å². The highest BCUT2D eigenvalue weighted by Crippen LogP contribution is 2.22. The van der Waals surface area contributed by atoms with E-state index in [0.717, 1.165) is 28.0 Å². The van der Waals surface area contributed by atoms with Gasteiger partial charge in [-0.2, -0.15) is 0 Å². The molecule has 0 atom stereocenters. The topological polar surface area (TPSA) is 54.0 Å². The van der Waals surface area contributed by atoms with Crippen LogP contribution in [0.4, 0.5) is 17.1 Å². The summed E-state index contributed by atoms with van der Waals surface area (Å²) in [6.07, 6.45) is 4.20. The molecule has 1 amide bonds. The van der Waals surface area contributed by atoms with Crippen LogP contribution in [0.3, 0.4) is 0 Å². The van der Waals surface area contributed by atoms with E-state index in [1.165, 1.54) is 5.56 Å². The van der Waals surface area contributed by atoms with Crippen LogP contribution in [-0.2, 0) is 6.42 Å². The Morgan fingerprint density at radius 1 is 1.04 bits per heavy atom. The maximum atomic E-state index is 12.5. The van der Waals surface area contributed by atoms with Crippen LogP contribution in [0.5, 0.6) is 0 Å². The summed E-state index contributed by atoms with van der Waals surface area (Å²) in [4.78, 5) is 16.6. The number of nitrogens with zero attached hydrogens (tertiary/aromatic N) is 1. The van der Waals surface area contributed by atoms with Crippen molar-refractivity contribution in [2.24, 2.45) is 0 Å². The lowest BCUT2D eigenvalue weighted by atomic mass is 10.1. The van der Waals surface area contributed by atoms with Crippen molar-refractivity contribution in [3.63, 3.8) is 0 Å². The van der Waals surface area contributed by atoms with Crippen molar-refractivity contribution in [1.82, 2.24) is 4.98 Å². The Bertz CT molecular complexity index is 895. The van der Waals surface area contributed by atoms with Crippen molar-refractivity contribution in [3.8, 4) is 0 Å². The van der Waals surface area contributed by atoms with E-state index in [0.29, 0.717) is 5.56 Å². The second kappa shape index (κ2) is 7.94. The Morgan fingerprint density at radius 3 is 2.68 bits per heavy atom. The SMILES string of the molecule is CCc1ccccc1Nc1cncc(C(=O)Nc2cccc(Br)c2)c1. The highest BCUT2D eigenvalue weighted by atomic mass is 79.9. The molecule has 5 heteroatoms. The van der Waals surface area contributed by atoms with Crippen molar-refractivity contribution in [1.29, 1.82) is 0 Å². The second-order valence-electron chi connectivity index (χ2n) is 5.56. The van der Waals surface area contributed by atoms with E-state index in [-0.39, 0.29) is 5.91 Å². The molecule has 0 saturated carbocycles. The number of hydrogen-bond donors (Lipinski definition) is 2. The Labute approximate surface area is 155 Å². The Balaban J connectivity index is 1.78. The van der Waals surface area contributed by atoms with E-state index >= 15 is 0 Å². The summed E-state index contributed by atoms with van der Waals surface area (Å²) in [6.45, 7) is 2.11. The molecule has 25 heavy (non-hydrogen) atoms. The standard InChI is InChI=1S/C20H18BrN3O/c1-2-14-6-3-4-9-19(14)23-18-10-15(12-22-13-18)20(25)24-17-8-5-7-16(21)11-17/h3-13,23H,2H2,1H3,(H,24,25). The molecule has 126 valence electrons. The number of anilines is 3. The van der Waals surface area contributed by atoms with Crippen LogP contribution in [0.1, 0.15) is 22.8 Å². The maximum absolute atomic E-state index is 12.5. The van der Waals surface area contributed by atoms with Gasteiger partial charge in [-0.3, -0.25) is 9.78 Å². The van der Waals surface area contributed by atoms with Crippen molar-refractivity contribution < 1.29 is 4.79 Å². The van der Waals surface area contributed by atoms with Gasteiger partial charge in [0.1, 0.15) is 0 Å². The number of para-hydroxylation sites is 1. The molecule has 2 aromatic carbocycles. The molecule has 0 spiro atoms. The molecule has 0 aliphatic heterocycles. The number of hydrogen-bond acceptors (Lipinski definition) is 3. The highest BCUT2D eigenvalue weighted by Gasteiger charge is 2.09. The van der Waals surface area contributed by atoms with Gasteiger partial charge in [-0.25, -0.2) is 0 Å². The molecule has 0 aliphatic carbocycles. The van der Waals surface area contributed by atoms with Crippen molar-refractivity contribution in [2.75, 3.05) is 10.6 Å². The molecule has 3 aromatic rings. The van der Waals surface area contributed by atoms with Crippen molar-refractivity contribution in [3.05, 3.63) is 82.6 Å². The van der Waals surface area contributed by atoms with Gasteiger partial charge in [0, 0.05) is 22.0 Å². The molecule has 1 heterocycles. The molecule has 0 unspecified atom stereocenters. The fourth-order valence-corrected chi connectivity index (χ4v) is 2.91. The van der Waals surface area contributed by atoms with Gasteiger partial charge in [-0.15, -0.1) is 0 Å². The summed E-state index contributed by atoms with van der Waals surface area (Å²) in [6, 6.07) is 17.4. The number of nitrogens with one attached hydrogen (secondary N) is 2. The van der Waals surface area contributed by atoms with Gasteiger partial charge in [0.05, 0.1) is 17.4 Å². The average Bonchev–Trinajstić information content (AvgIpc) is 2.62. The number of aryl methyl sites for hydroxylation is 1. The van der Waals surface area contributed by atoms with Crippen LogP contribution in [0, 0.1) is 0 Å². The molecule has 0 aliphatic rings. The zero-order chi connectivity index (χ0) is 17.6. The molecule has 0 radical (unpaired) electrons. The Hall–Kier alpha value is -2.66. The predicted molar refractivity (Wildman–Crippen MR) is 105 cm³/mol. The van der Waals surface area contributed by atoms with Gasteiger partial charge in [0.15, 0.2) is 0 Å². The van der Waals surface area contributed by atoms with E-state index in [2.05, 4.69) is 44.5 Å². The minimum atomic E-state index is -0.196.